The van der Waals surface area contributed by atoms with E-state index >= 15 is 0 Å². The third-order valence-electron chi connectivity index (χ3n) is 1.98. The van der Waals surface area contributed by atoms with Gasteiger partial charge in [-0.1, -0.05) is 6.92 Å². The van der Waals surface area contributed by atoms with Crippen molar-refractivity contribution in [3.05, 3.63) is 0 Å². The molecule has 0 radical (unpaired) electrons. The second-order valence-electron chi connectivity index (χ2n) is 4.25. The topological polar surface area (TPSA) is 18.5 Å². The zero-order valence-electron chi connectivity index (χ0n) is 9.83. The lowest BCUT2D eigenvalue weighted by molar-refractivity contribution is -0.0446. The van der Waals surface area contributed by atoms with Crippen LogP contribution in [0.1, 0.15) is 41.5 Å². The molecule has 0 saturated carbocycles. The SMILES string of the molecule is CC(C)OCC(C)C(C)OC(C)C. The third kappa shape index (κ3) is 7.03. The maximum Gasteiger partial charge on any atom is 0.0597 e. The molecule has 2 unspecified atom stereocenters. The number of ether oxygens (including phenoxy) is 2. The van der Waals surface area contributed by atoms with Crippen LogP contribution in [0.5, 0.6) is 0 Å². The summed E-state index contributed by atoms with van der Waals surface area (Å²) in [6, 6.07) is 0. The molecule has 0 aromatic rings. The quantitative estimate of drug-likeness (QED) is 0.638. The second-order valence-corrected chi connectivity index (χ2v) is 4.25. The molecule has 0 heterocycles. The molecule has 0 aliphatic heterocycles. The maximum atomic E-state index is 5.66. The van der Waals surface area contributed by atoms with Gasteiger partial charge in [-0.3, -0.25) is 0 Å². The first-order valence-electron chi connectivity index (χ1n) is 5.20. The van der Waals surface area contributed by atoms with Crippen LogP contribution in [0.2, 0.25) is 0 Å². The van der Waals surface area contributed by atoms with Crippen molar-refractivity contribution < 1.29 is 9.47 Å². The molecule has 13 heavy (non-hydrogen) atoms. The highest BCUT2D eigenvalue weighted by Crippen LogP contribution is 2.10. The second kappa shape index (κ2) is 6.39. The fraction of sp³-hybridized carbons (Fsp3) is 1.00. The van der Waals surface area contributed by atoms with Gasteiger partial charge in [0.25, 0.3) is 0 Å². The molecular weight excluding hydrogens is 164 g/mol. The molecule has 2 atom stereocenters. The Balaban J connectivity index is 3.62. The highest BCUT2D eigenvalue weighted by atomic mass is 16.5. The summed E-state index contributed by atoms with van der Waals surface area (Å²) >= 11 is 0. The molecule has 80 valence electrons. The van der Waals surface area contributed by atoms with E-state index in [0.717, 1.165) is 6.61 Å². The average Bonchev–Trinajstić information content (AvgIpc) is 1.98. The summed E-state index contributed by atoms with van der Waals surface area (Å²) in [7, 11) is 0. The van der Waals surface area contributed by atoms with E-state index in [1.165, 1.54) is 0 Å². The summed E-state index contributed by atoms with van der Waals surface area (Å²) in [5.41, 5.74) is 0. The van der Waals surface area contributed by atoms with Gasteiger partial charge in [0, 0.05) is 5.92 Å². The molecule has 0 saturated heterocycles. The lowest BCUT2D eigenvalue weighted by atomic mass is 10.1. The van der Waals surface area contributed by atoms with Gasteiger partial charge < -0.3 is 9.47 Å². The highest BCUT2D eigenvalue weighted by Gasteiger charge is 2.14. The largest absolute Gasteiger partial charge is 0.378 e. The van der Waals surface area contributed by atoms with Crippen molar-refractivity contribution >= 4 is 0 Å². The summed E-state index contributed by atoms with van der Waals surface area (Å²) in [6.45, 7) is 13.3. The van der Waals surface area contributed by atoms with E-state index in [1.54, 1.807) is 0 Å². The Labute approximate surface area is 82.6 Å². The van der Waals surface area contributed by atoms with Crippen LogP contribution in [-0.4, -0.2) is 24.9 Å². The predicted octanol–water partition coefficient (Wildman–Crippen LogP) is 2.86. The first-order valence-corrected chi connectivity index (χ1v) is 5.20. The molecule has 0 aliphatic rings. The molecule has 0 fully saturated rings. The van der Waals surface area contributed by atoms with Crippen LogP contribution in [-0.2, 0) is 9.47 Å². The molecule has 0 rings (SSSR count). The summed E-state index contributed by atoms with van der Waals surface area (Å²) in [5, 5.41) is 0. The highest BCUT2D eigenvalue weighted by molar-refractivity contribution is 4.61. The first kappa shape index (κ1) is 12.9. The molecule has 0 aromatic carbocycles. The van der Waals surface area contributed by atoms with Crippen molar-refractivity contribution in [3.63, 3.8) is 0 Å². The molecule has 0 spiro atoms. The molecule has 2 nitrogen and oxygen atoms in total. The Morgan fingerprint density at radius 1 is 0.846 bits per heavy atom. The van der Waals surface area contributed by atoms with E-state index in [1.807, 2.05) is 0 Å². The number of hydrogen-bond donors (Lipinski definition) is 0. The van der Waals surface area contributed by atoms with Crippen LogP contribution in [0.15, 0.2) is 0 Å². The normalized spacial score (nSPS) is 16.6. The Hall–Kier alpha value is -0.0800. The summed E-state index contributed by atoms with van der Waals surface area (Å²) < 4.78 is 11.2. The summed E-state index contributed by atoms with van der Waals surface area (Å²) in [5.74, 6) is 0.463. The molecule has 0 aliphatic carbocycles. The van der Waals surface area contributed by atoms with Gasteiger partial charge in [-0.05, 0) is 34.6 Å². The van der Waals surface area contributed by atoms with E-state index in [0.29, 0.717) is 18.1 Å². The minimum atomic E-state index is 0.277. The van der Waals surface area contributed by atoms with Gasteiger partial charge in [-0.15, -0.1) is 0 Å². The zero-order chi connectivity index (χ0) is 10.4. The first-order chi connectivity index (χ1) is 5.93. The maximum absolute atomic E-state index is 5.66. The minimum Gasteiger partial charge on any atom is -0.378 e. The van der Waals surface area contributed by atoms with Gasteiger partial charge in [0.05, 0.1) is 24.9 Å². The van der Waals surface area contributed by atoms with Gasteiger partial charge in [0.15, 0.2) is 0 Å². The predicted molar refractivity (Wildman–Crippen MR) is 55.9 cm³/mol. The Bertz CT molecular complexity index is 121. The Morgan fingerprint density at radius 3 is 1.77 bits per heavy atom. The van der Waals surface area contributed by atoms with Crippen molar-refractivity contribution in [1.82, 2.24) is 0 Å². The van der Waals surface area contributed by atoms with Gasteiger partial charge in [-0.2, -0.15) is 0 Å². The molecular formula is C11H24O2. The Kier molecular flexibility index (Phi) is 6.35. The van der Waals surface area contributed by atoms with Crippen LogP contribution in [0, 0.1) is 5.92 Å². The van der Waals surface area contributed by atoms with E-state index < -0.39 is 0 Å². The number of hydrogen-bond acceptors (Lipinski definition) is 2. The standard InChI is InChI=1S/C11H24O2/c1-8(2)12-7-10(5)11(6)13-9(3)4/h8-11H,7H2,1-6H3. The minimum absolute atomic E-state index is 0.277. The van der Waals surface area contributed by atoms with Crippen molar-refractivity contribution in [2.24, 2.45) is 5.92 Å². The average molecular weight is 188 g/mol. The summed E-state index contributed by atoms with van der Waals surface area (Å²) in [6.07, 6.45) is 0.893. The van der Waals surface area contributed by atoms with Crippen molar-refractivity contribution in [1.29, 1.82) is 0 Å². The zero-order valence-corrected chi connectivity index (χ0v) is 9.83. The van der Waals surface area contributed by atoms with Gasteiger partial charge >= 0.3 is 0 Å². The van der Waals surface area contributed by atoms with Crippen molar-refractivity contribution in [3.8, 4) is 0 Å². The van der Waals surface area contributed by atoms with Gasteiger partial charge in [0.1, 0.15) is 0 Å². The fourth-order valence-electron chi connectivity index (χ4n) is 1.04. The lowest BCUT2D eigenvalue weighted by Gasteiger charge is -2.23. The lowest BCUT2D eigenvalue weighted by Crippen LogP contribution is -2.26. The van der Waals surface area contributed by atoms with Crippen molar-refractivity contribution in [2.75, 3.05) is 6.61 Å². The van der Waals surface area contributed by atoms with Gasteiger partial charge in [0.2, 0.25) is 0 Å². The number of rotatable bonds is 6. The fourth-order valence-corrected chi connectivity index (χ4v) is 1.04. The molecule has 0 aromatic heterocycles. The molecule has 0 bridgehead atoms. The van der Waals surface area contributed by atoms with Crippen molar-refractivity contribution in [2.45, 2.75) is 59.9 Å². The van der Waals surface area contributed by atoms with E-state index in [9.17, 15) is 0 Å². The van der Waals surface area contributed by atoms with Crippen LogP contribution in [0.25, 0.3) is 0 Å². The Morgan fingerprint density at radius 2 is 1.38 bits per heavy atom. The third-order valence-corrected chi connectivity index (χ3v) is 1.98. The molecule has 0 N–H and O–H groups in total. The smallest absolute Gasteiger partial charge is 0.0597 e. The van der Waals surface area contributed by atoms with Crippen LogP contribution in [0.4, 0.5) is 0 Å². The monoisotopic (exact) mass is 188 g/mol. The molecule has 0 amide bonds. The van der Waals surface area contributed by atoms with E-state index in [2.05, 4.69) is 41.5 Å². The van der Waals surface area contributed by atoms with Crippen LogP contribution >= 0.6 is 0 Å². The van der Waals surface area contributed by atoms with Crippen LogP contribution in [0.3, 0.4) is 0 Å². The van der Waals surface area contributed by atoms with E-state index in [4.69, 9.17) is 9.47 Å². The van der Waals surface area contributed by atoms with Gasteiger partial charge in [-0.25, -0.2) is 0 Å². The molecule has 2 heteroatoms. The van der Waals surface area contributed by atoms with E-state index in [-0.39, 0.29) is 6.10 Å². The summed E-state index contributed by atoms with van der Waals surface area (Å²) in [4.78, 5) is 0. The van der Waals surface area contributed by atoms with Crippen LogP contribution < -0.4 is 0 Å².